The number of rotatable bonds is 3. The largest absolute Gasteiger partial charge is 0.497 e. The van der Waals surface area contributed by atoms with Gasteiger partial charge >= 0.3 is 0 Å². The highest BCUT2D eigenvalue weighted by Crippen LogP contribution is 2.14. The van der Waals surface area contributed by atoms with Crippen LogP contribution >= 0.6 is 23.6 Å². The fourth-order valence-corrected chi connectivity index (χ4v) is 2.40. The van der Waals surface area contributed by atoms with E-state index < -0.39 is 0 Å². The van der Waals surface area contributed by atoms with Crippen LogP contribution in [0, 0.1) is 6.92 Å². The minimum absolute atomic E-state index is 0.222. The Balaban J connectivity index is 1.94. The van der Waals surface area contributed by atoms with Gasteiger partial charge in [-0.05, 0) is 43.4 Å². The zero-order valence-electron chi connectivity index (χ0n) is 11.0. The van der Waals surface area contributed by atoms with Crippen LogP contribution in [0.3, 0.4) is 0 Å². The summed E-state index contributed by atoms with van der Waals surface area (Å²) in [5.74, 6) is 0.416. The Labute approximate surface area is 126 Å². The van der Waals surface area contributed by atoms with E-state index in [9.17, 15) is 4.79 Å². The third-order valence-corrected chi connectivity index (χ3v) is 3.50. The van der Waals surface area contributed by atoms with E-state index in [4.69, 9.17) is 17.0 Å². The van der Waals surface area contributed by atoms with E-state index in [1.807, 2.05) is 12.3 Å². The molecule has 0 atom stereocenters. The van der Waals surface area contributed by atoms with Gasteiger partial charge < -0.3 is 10.1 Å². The highest BCUT2D eigenvalue weighted by molar-refractivity contribution is 7.80. The van der Waals surface area contributed by atoms with Crippen LogP contribution in [0.15, 0.2) is 29.6 Å². The topological polar surface area (TPSA) is 63.2 Å². The van der Waals surface area contributed by atoms with E-state index in [0.29, 0.717) is 16.4 Å². The SMILES string of the molecule is COc1ccc(C(=O)NC(=S)Nc2nc(C)cs2)cc1. The van der Waals surface area contributed by atoms with Crippen molar-refractivity contribution in [3.8, 4) is 5.75 Å². The molecule has 0 unspecified atom stereocenters. The zero-order chi connectivity index (χ0) is 14.5. The molecule has 0 spiro atoms. The number of aromatic nitrogens is 1. The minimum atomic E-state index is -0.279. The van der Waals surface area contributed by atoms with Gasteiger partial charge in [-0.1, -0.05) is 0 Å². The lowest BCUT2D eigenvalue weighted by molar-refractivity contribution is 0.0977. The molecule has 0 saturated carbocycles. The first kappa shape index (κ1) is 14.4. The van der Waals surface area contributed by atoms with Crippen molar-refractivity contribution in [1.29, 1.82) is 0 Å². The predicted octanol–water partition coefficient (Wildman–Crippen LogP) is 2.59. The molecule has 1 aromatic carbocycles. The number of nitrogens with one attached hydrogen (secondary N) is 2. The molecule has 7 heteroatoms. The maximum atomic E-state index is 12.0. The summed E-state index contributed by atoms with van der Waals surface area (Å²) in [6.45, 7) is 1.89. The molecule has 20 heavy (non-hydrogen) atoms. The van der Waals surface area contributed by atoms with Gasteiger partial charge in [0.1, 0.15) is 5.75 Å². The summed E-state index contributed by atoms with van der Waals surface area (Å²) < 4.78 is 5.03. The zero-order valence-corrected chi connectivity index (χ0v) is 12.6. The van der Waals surface area contributed by atoms with Crippen molar-refractivity contribution < 1.29 is 9.53 Å². The second-order valence-corrected chi connectivity index (χ2v) is 5.20. The second kappa shape index (κ2) is 6.44. The fourth-order valence-electron chi connectivity index (χ4n) is 1.46. The lowest BCUT2D eigenvalue weighted by Crippen LogP contribution is -2.34. The number of ether oxygens (including phenoxy) is 1. The number of methoxy groups -OCH3 is 1. The maximum absolute atomic E-state index is 12.0. The van der Waals surface area contributed by atoms with Crippen molar-refractivity contribution in [3.63, 3.8) is 0 Å². The number of hydrogen-bond acceptors (Lipinski definition) is 5. The number of thiocarbonyl (C=S) groups is 1. The van der Waals surface area contributed by atoms with E-state index in [1.54, 1.807) is 31.4 Å². The van der Waals surface area contributed by atoms with Gasteiger partial charge in [-0.25, -0.2) is 4.98 Å². The van der Waals surface area contributed by atoms with Gasteiger partial charge in [-0.3, -0.25) is 10.1 Å². The summed E-state index contributed by atoms with van der Waals surface area (Å²) in [5, 5.41) is 8.24. The molecule has 0 bridgehead atoms. The third-order valence-electron chi connectivity index (χ3n) is 2.42. The van der Waals surface area contributed by atoms with Gasteiger partial charge in [0.25, 0.3) is 5.91 Å². The predicted molar refractivity (Wildman–Crippen MR) is 83.5 cm³/mol. The lowest BCUT2D eigenvalue weighted by Gasteiger charge is -2.07. The van der Waals surface area contributed by atoms with Crippen LogP contribution in [0.1, 0.15) is 16.1 Å². The molecule has 0 radical (unpaired) electrons. The Morgan fingerprint density at radius 3 is 2.60 bits per heavy atom. The smallest absolute Gasteiger partial charge is 0.257 e. The van der Waals surface area contributed by atoms with Crippen LogP contribution in [-0.4, -0.2) is 23.1 Å². The van der Waals surface area contributed by atoms with Crippen molar-refractivity contribution >= 4 is 39.7 Å². The van der Waals surface area contributed by atoms with Gasteiger partial charge in [-0.2, -0.15) is 0 Å². The van der Waals surface area contributed by atoms with Gasteiger partial charge in [0.05, 0.1) is 12.8 Å². The van der Waals surface area contributed by atoms with Crippen molar-refractivity contribution in [2.45, 2.75) is 6.92 Å². The van der Waals surface area contributed by atoms with Crippen LogP contribution in [0.2, 0.25) is 0 Å². The first-order valence-corrected chi connectivity index (χ1v) is 7.06. The molecule has 0 aliphatic rings. The monoisotopic (exact) mass is 307 g/mol. The van der Waals surface area contributed by atoms with Gasteiger partial charge in [0.2, 0.25) is 0 Å². The number of carbonyl (C=O) groups is 1. The van der Waals surface area contributed by atoms with Crippen molar-refractivity contribution in [1.82, 2.24) is 10.3 Å². The number of benzene rings is 1. The van der Waals surface area contributed by atoms with Crippen molar-refractivity contribution in [2.75, 3.05) is 12.4 Å². The standard InChI is InChI=1S/C13H13N3O2S2/c1-8-7-20-13(14-8)16-12(19)15-11(17)9-3-5-10(18-2)6-4-9/h3-7H,1-2H3,(H2,14,15,16,17,19). The van der Waals surface area contributed by atoms with E-state index in [1.165, 1.54) is 11.3 Å². The number of nitrogens with zero attached hydrogens (tertiary/aromatic N) is 1. The molecule has 2 rings (SSSR count). The summed E-state index contributed by atoms with van der Waals surface area (Å²) in [7, 11) is 1.57. The number of amides is 1. The summed E-state index contributed by atoms with van der Waals surface area (Å²) in [5.41, 5.74) is 1.41. The van der Waals surface area contributed by atoms with E-state index in [0.717, 1.165) is 5.69 Å². The lowest BCUT2D eigenvalue weighted by atomic mass is 10.2. The molecule has 0 fully saturated rings. The Hall–Kier alpha value is -1.99. The molecule has 0 aliphatic carbocycles. The molecule has 2 aromatic rings. The molecule has 0 saturated heterocycles. The molecule has 1 aromatic heterocycles. The van der Waals surface area contributed by atoms with E-state index in [-0.39, 0.29) is 11.0 Å². The molecule has 5 nitrogen and oxygen atoms in total. The fraction of sp³-hybridized carbons (Fsp3) is 0.154. The molecule has 2 N–H and O–H groups in total. The van der Waals surface area contributed by atoms with Crippen molar-refractivity contribution in [3.05, 3.63) is 40.9 Å². The number of thiazole rings is 1. The molecule has 1 amide bonds. The Morgan fingerprint density at radius 2 is 2.05 bits per heavy atom. The Morgan fingerprint density at radius 1 is 1.35 bits per heavy atom. The van der Waals surface area contributed by atoms with Crippen LogP contribution in [0.25, 0.3) is 0 Å². The number of aryl methyl sites for hydroxylation is 1. The van der Waals surface area contributed by atoms with Crippen LogP contribution < -0.4 is 15.4 Å². The summed E-state index contributed by atoms with van der Waals surface area (Å²) >= 11 is 6.50. The highest BCUT2D eigenvalue weighted by atomic mass is 32.1. The van der Waals surface area contributed by atoms with Gasteiger partial charge in [-0.15, -0.1) is 11.3 Å². The number of anilines is 1. The normalized spacial score (nSPS) is 9.90. The summed E-state index contributed by atoms with van der Waals surface area (Å²) in [6.07, 6.45) is 0. The third kappa shape index (κ3) is 3.75. The molecule has 104 valence electrons. The first-order chi connectivity index (χ1) is 9.58. The molecular weight excluding hydrogens is 294 g/mol. The van der Waals surface area contributed by atoms with Crippen LogP contribution in [-0.2, 0) is 0 Å². The average molecular weight is 307 g/mol. The molecular formula is C13H13N3O2S2. The van der Waals surface area contributed by atoms with Crippen LogP contribution in [0.4, 0.5) is 5.13 Å². The Bertz CT molecular complexity index is 623. The molecule has 1 heterocycles. The number of carbonyl (C=O) groups excluding carboxylic acids is 1. The van der Waals surface area contributed by atoms with Crippen molar-refractivity contribution in [2.24, 2.45) is 0 Å². The quantitative estimate of drug-likeness (QED) is 0.853. The van der Waals surface area contributed by atoms with Crippen LogP contribution in [0.5, 0.6) is 5.75 Å². The first-order valence-electron chi connectivity index (χ1n) is 5.77. The molecule has 0 aliphatic heterocycles. The van der Waals surface area contributed by atoms with Gasteiger partial charge in [0.15, 0.2) is 10.2 Å². The van der Waals surface area contributed by atoms with E-state index in [2.05, 4.69) is 15.6 Å². The average Bonchev–Trinajstić information content (AvgIpc) is 2.84. The summed E-state index contributed by atoms with van der Waals surface area (Å²) in [6, 6.07) is 6.78. The van der Waals surface area contributed by atoms with Gasteiger partial charge in [0, 0.05) is 10.9 Å². The van der Waals surface area contributed by atoms with E-state index >= 15 is 0 Å². The summed E-state index contributed by atoms with van der Waals surface area (Å²) in [4.78, 5) is 16.2. The number of hydrogen-bond donors (Lipinski definition) is 2. The maximum Gasteiger partial charge on any atom is 0.257 e. The second-order valence-electron chi connectivity index (χ2n) is 3.93. The minimum Gasteiger partial charge on any atom is -0.497 e. The Kier molecular flexibility index (Phi) is 4.65. The highest BCUT2D eigenvalue weighted by Gasteiger charge is 2.09.